The van der Waals surface area contributed by atoms with Crippen LogP contribution in [-0.2, 0) is 4.79 Å². The Morgan fingerprint density at radius 3 is 2.93 bits per heavy atom. The Bertz CT molecular complexity index is 822. The molecule has 1 aliphatic rings. The number of aromatic nitrogens is 1. The summed E-state index contributed by atoms with van der Waals surface area (Å²) in [7, 11) is 0. The van der Waals surface area contributed by atoms with Crippen LogP contribution in [-0.4, -0.2) is 24.0 Å². The second-order valence-corrected chi connectivity index (χ2v) is 7.05. The lowest BCUT2D eigenvalue weighted by Gasteiger charge is -2.28. The Labute approximate surface area is 160 Å². The summed E-state index contributed by atoms with van der Waals surface area (Å²) in [5, 5.41) is 2.79. The highest BCUT2D eigenvalue weighted by Gasteiger charge is 2.27. The van der Waals surface area contributed by atoms with Gasteiger partial charge in [-0.15, -0.1) is 0 Å². The van der Waals surface area contributed by atoms with Crippen molar-refractivity contribution in [2.45, 2.75) is 39.7 Å². The molecule has 3 rings (SSSR count). The van der Waals surface area contributed by atoms with Crippen LogP contribution in [0.25, 0.3) is 11.1 Å². The van der Waals surface area contributed by atoms with Gasteiger partial charge in [-0.2, -0.15) is 0 Å². The number of carbonyl (C=O) groups is 1. The lowest BCUT2D eigenvalue weighted by atomic mass is 9.94. The van der Waals surface area contributed by atoms with Crippen molar-refractivity contribution >= 4 is 11.7 Å². The SMILES string of the molecule is CC(=O)Nc1nccc2c1C(C)Oc1cc(OCCCC(C)CN)ccc1-2. The summed E-state index contributed by atoms with van der Waals surface area (Å²) in [6.07, 6.45) is 3.51. The maximum Gasteiger partial charge on any atom is 0.222 e. The molecule has 1 aliphatic heterocycles. The lowest BCUT2D eigenvalue weighted by molar-refractivity contribution is -0.114. The second kappa shape index (κ2) is 8.39. The summed E-state index contributed by atoms with van der Waals surface area (Å²) in [5.74, 6) is 2.49. The molecule has 144 valence electrons. The van der Waals surface area contributed by atoms with Gasteiger partial charge >= 0.3 is 0 Å². The van der Waals surface area contributed by atoms with E-state index in [-0.39, 0.29) is 12.0 Å². The zero-order valence-corrected chi connectivity index (χ0v) is 16.1. The molecule has 6 heteroatoms. The number of pyridine rings is 1. The van der Waals surface area contributed by atoms with Gasteiger partial charge in [0.2, 0.25) is 5.91 Å². The fraction of sp³-hybridized carbons (Fsp3) is 0.429. The van der Waals surface area contributed by atoms with Gasteiger partial charge in [0.25, 0.3) is 0 Å². The van der Waals surface area contributed by atoms with E-state index in [9.17, 15) is 4.79 Å². The lowest BCUT2D eigenvalue weighted by Crippen LogP contribution is -2.17. The maximum atomic E-state index is 11.5. The summed E-state index contributed by atoms with van der Waals surface area (Å²) in [6, 6.07) is 7.83. The van der Waals surface area contributed by atoms with Gasteiger partial charge in [-0.1, -0.05) is 6.92 Å². The fourth-order valence-electron chi connectivity index (χ4n) is 3.29. The number of carbonyl (C=O) groups excluding carboxylic acids is 1. The average Bonchev–Trinajstić information content (AvgIpc) is 2.64. The van der Waals surface area contributed by atoms with Crippen molar-refractivity contribution in [3.8, 4) is 22.6 Å². The van der Waals surface area contributed by atoms with Crippen molar-refractivity contribution in [1.82, 2.24) is 4.98 Å². The quantitative estimate of drug-likeness (QED) is 0.723. The molecule has 2 atom stereocenters. The third-order valence-corrected chi connectivity index (χ3v) is 4.75. The number of amides is 1. The van der Waals surface area contributed by atoms with Crippen molar-refractivity contribution in [1.29, 1.82) is 0 Å². The Kier molecular flexibility index (Phi) is 5.96. The first-order chi connectivity index (χ1) is 13.0. The number of rotatable bonds is 7. The standard InChI is InChI=1S/C21H27N3O3/c1-13(12-22)5-4-10-26-16-6-7-17-18-8-9-23-21(24-15(3)25)20(18)14(2)27-19(17)11-16/h6-9,11,13-14H,4-5,10,12,22H2,1-3H3,(H,23,24,25). The molecule has 0 saturated heterocycles. The van der Waals surface area contributed by atoms with E-state index in [1.807, 2.05) is 31.2 Å². The maximum absolute atomic E-state index is 11.5. The molecular weight excluding hydrogens is 342 g/mol. The molecule has 1 amide bonds. The van der Waals surface area contributed by atoms with Gasteiger partial charge in [0.15, 0.2) is 0 Å². The van der Waals surface area contributed by atoms with Gasteiger partial charge in [0, 0.05) is 30.3 Å². The number of benzene rings is 1. The van der Waals surface area contributed by atoms with Crippen LogP contribution < -0.4 is 20.5 Å². The van der Waals surface area contributed by atoms with Crippen LogP contribution in [0.3, 0.4) is 0 Å². The number of hydrogen-bond acceptors (Lipinski definition) is 5. The molecule has 2 aromatic rings. The Morgan fingerprint density at radius 1 is 1.37 bits per heavy atom. The molecule has 0 aliphatic carbocycles. The number of nitrogens with two attached hydrogens (primary N) is 1. The van der Waals surface area contributed by atoms with E-state index >= 15 is 0 Å². The van der Waals surface area contributed by atoms with Gasteiger partial charge in [-0.25, -0.2) is 4.98 Å². The molecule has 1 aromatic carbocycles. The predicted molar refractivity (Wildman–Crippen MR) is 106 cm³/mol. The minimum atomic E-state index is -0.219. The summed E-state index contributed by atoms with van der Waals surface area (Å²) in [4.78, 5) is 15.8. The number of nitrogens with zero attached hydrogens (tertiary/aromatic N) is 1. The first-order valence-corrected chi connectivity index (χ1v) is 9.40. The van der Waals surface area contributed by atoms with Crippen molar-refractivity contribution in [3.63, 3.8) is 0 Å². The highest BCUT2D eigenvalue weighted by Crippen LogP contribution is 2.45. The number of nitrogens with one attached hydrogen (secondary N) is 1. The molecule has 27 heavy (non-hydrogen) atoms. The van der Waals surface area contributed by atoms with Gasteiger partial charge in [-0.3, -0.25) is 4.79 Å². The molecule has 0 radical (unpaired) electrons. The van der Waals surface area contributed by atoms with Crippen LogP contribution in [0.4, 0.5) is 5.82 Å². The van der Waals surface area contributed by atoms with E-state index in [2.05, 4.69) is 17.2 Å². The van der Waals surface area contributed by atoms with Gasteiger partial charge in [0.1, 0.15) is 23.4 Å². The number of hydrogen-bond donors (Lipinski definition) is 2. The molecule has 0 bridgehead atoms. The molecule has 3 N–H and O–H groups in total. The zero-order chi connectivity index (χ0) is 19.4. The highest BCUT2D eigenvalue weighted by molar-refractivity contribution is 5.91. The first kappa shape index (κ1) is 19.2. The normalized spacial score (nSPS) is 15.9. The van der Waals surface area contributed by atoms with E-state index in [4.69, 9.17) is 15.2 Å². The van der Waals surface area contributed by atoms with E-state index in [1.165, 1.54) is 6.92 Å². The minimum Gasteiger partial charge on any atom is -0.493 e. The Balaban J connectivity index is 1.79. The molecule has 6 nitrogen and oxygen atoms in total. The van der Waals surface area contributed by atoms with E-state index in [0.29, 0.717) is 24.9 Å². The van der Waals surface area contributed by atoms with E-state index in [0.717, 1.165) is 41.0 Å². The highest BCUT2D eigenvalue weighted by atomic mass is 16.5. The molecular formula is C21H27N3O3. The smallest absolute Gasteiger partial charge is 0.222 e. The molecule has 0 spiro atoms. The van der Waals surface area contributed by atoms with Crippen LogP contribution in [0, 0.1) is 5.92 Å². The van der Waals surface area contributed by atoms with Gasteiger partial charge in [0.05, 0.1) is 6.61 Å². The topological polar surface area (TPSA) is 86.5 Å². The van der Waals surface area contributed by atoms with Crippen LogP contribution in [0.2, 0.25) is 0 Å². The van der Waals surface area contributed by atoms with E-state index < -0.39 is 0 Å². The predicted octanol–water partition coefficient (Wildman–Crippen LogP) is 3.91. The zero-order valence-electron chi connectivity index (χ0n) is 16.1. The van der Waals surface area contributed by atoms with Crippen LogP contribution in [0.1, 0.15) is 45.3 Å². The number of ether oxygens (including phenoxy) is 2. The van der Waals surface area contributed by atoms with Crippen molar-refractivity contribution < 1.29 is 14.3 Å². The van der Waals surface area contributed by atoms with Crippen molar-refractivity contribution in [3.05, 3.63) is 36.0 Å². The summed E-state index contributed by atoms with van der Waals surface area (Å²) in [5.41, 5.74) is 8.53. The van der Waals surface area contributed by atoms with Gasteiger partial charge in [-0.05, 0) is 56.0 Å². The molecule has 2 unspecified atom stereocenters. The molecule has 0 saturated carbocycles. The van der Waals surface area contributed by atoms with Crippen LogP contribution in [0.15, 0.2) is 30.5 Å². The fourth-order valence-corrected chi connectivity index (χ4v) is 3.29. The first-order valence-electron chi connectivity index (χ1n) is 9.40. The van der Waals surface area contributed by atoms with Gasteiger partial charge < -0.3 is 20.5 Å². The molecule has 2 heterocycles. The Hall–Kier alpha value is -2.60. The molecule has 0 fully saturated rings. The summed E-state index contributed by atoms with van der Waals surface area (Å²) < 4.78 is 12.0. The minimum absolute atomic E-state index is 0.151. The van der Waals surface area contributed by atoms with E-state index in [1.54, 1.807) is 6.20 Å². The average molecular weight is 369 g/mol. The molecule has 1 aromatic heterocycles. The van der Waals surface area contributed by atoms with Crippen LogP contribution >= 0.6 is 0 Å². The number of anilines is 1. The Morgan fingerprint density at radius 2 is 2.19 bits per heavy atom. The largest absolute Gasteiger partial charge is 0.493 e. The summed E-state index contributed by atoms with van der Waals surface area (Å²) >= 11 is 0. The van der Waals surface area contributed by atoms with Crippen molar-refractivity contribution in [2.75, 3.05) is 18.5 Å². The summed E-state index contributed by atoms with van der Waals surface area (Å²) in [6.45, 7) is 6.94. The van der Waals surface area contributed by atoms with Crippen molar-refractivity contribution in [2.24, 2.45) is 11.7 Å². The monoisotopic (exact) mass is 369 g/mol. The van der Waals surface area contributed by atoms with Crippen LogP contribution in [0.5, 0.6) is 11.5 Å². The third-order valence-electron chi connectivity index (χ3n) is 4.75. The number of fused-ring (bicyclic) bond motifs is 3. The third kappa shape index (κ3) is 4.39. The second-order valence-electron chi connectivity index (χ2n) is 7.05.